The molecule has 0 saturated heterocycles. The van der Waals surface area contributed by atoms with Gasteiger partial charge < -0.3 is 5.11 Å². The van der Waals surface area contributed by atoms with Crippen LogP contribution in [-0.2, 0) is 4.79 Å². The Morgan fingerprint density at radius 1 is 1.37 bits per heavy atom. The first-order valence-electron chi connectivity index (χ1n) is 5.48. The van der Waals surface area contributed by atoms with Gasteiger partial charge in [0.25, 0.3) is 5.72 Å². The fraction of sp³-hybridized carbons (Fsp3) is 0.333. The quantitative estimate of drug-likeness (QED) is 0.848. The van der Waals surface area contributed by atoms with Crippen molar-refractivity contribution in [3.05, 3.63) is 35.9 Å². The summed E-state index contributed by atoms with van der Waals surface area (Å²) in [6, 6.07) is 8.12. The molecule has 1 aliphatic rings. The van der Waals surface area contributed by atoms with Crippen molar-refractivity contribution in [1.82, 2.24) is 5.01 Å². The summed E-state index contributed by atoms with van der Waals surface area (Å²) in [6.45, 7) is 0.925. The molecule has 1 amide bonds. The lowest BCUT2D eigenvalue weighted by molar-refractivity contribution is -0.301. The van der Waals surface area contributed by atoms with Crippen LogP contribution in [0, 0.1) is 0 Å². The van der Waals surface area contributed by atoms with Gasteiger partial charge >= 0.3 is 6.18 Å². The molecule has 102 valence electrons. The normalized spacial score (nSPS) is 23.4. The van der Waals surface area contributed by atoms with E-state index in [-0.39, 0.29) is 10.7 Å². The largest absolute Gasteiger partial charge is 0.438 e. The second-order valence-corrected chi connectivity index (χ2v) is 4.23. The molecule has 0 saturated carbocycles. The molecule has 1 aromatic rings. The van der Waals surface area contributed by atoms with Crippen LogP contribution < -0.4 is 0 Å². The van der Waals surface area contributed by atoms with Crippen LogP contribution in [0.3, 0.4) is 0 Å². The highest BCUT2D eigenvalue weighted by atomic mass is 19.4. The van der Waals surface area contributed by atoms with Crippen LogP contribution in [0.4, 0.5) is 13.2 Å². The van der Waals surface area contributed by atoms with E-state index in [1.165, 1.54) is 0 Å². The van der Waals surface area contributed by atoms with Crippen molar-refractivity contribution in [2.24, 2.45) is 5.10 Å². The van der Waals surface area contributed by atoms with E-state index in [9.17, 15) is 23.1 Å². The molecule has 1 aliphatic heterocycles. The van der Waals surface area contributed by atoms with Crippen molar-refractivity contribution in [3.8, 4) is 0 Å². The number of aliphatic hydroxyl groups is 1. The third-order valence-corrected chi connectivity index (χ3v) is 2.84. The van der Waals surface area contributed by atoms with Crippen LogP contribution in [-0.4, -0.2) is 33.6 Å². The number of hydrogen-bond donors (Lipinski definition) is 1. The molecule has 0 radical (unpaired) electrons. The molecule has 0 spiro atoms. The summed E-state index contributed by atoms with van der Waals surface area (Å²) in [4.78, 5) is 11.2. The molecule has 1 aromatic carbocycles. The van der Waals surface area contributed by atoms with Gasteiger partial charge in [-0.05, 0) is 5.56 Å². The Balaban J connectivity index is 2.42. The summed E-state index contributed by atoms with van der Waals surface area (Å²) in [6.07, 6.45) is -5.75. The Bertz CT molecular complexity index is 528. The molecule has 1 N–H and O–H groups in total. The Morgan fingerprint density at radius 3 is 2.37 bits per heavy atom. The first-order valence-corrected chi connectivity index (χ1v) is 5.48. The predicted molar refractivity (Wildman–Crippen MR) is 61.1 cm³/mol. The van der Waals surface area contributed by atoms with Gasteiger partial charge in [-0.2, -0.15) is 23.3 Å². The number of halogens is 3. The number of hydrogen-bond acceptors (Lipinski definition) is 3. The van der Waals surface area contributed by atoms with Crippen LogP contribution in [0.2, 0.25) is 0 Å². The van der Waals surface area contributed by atoms with Gasteiger partial charge in [0.2, 0.25) is 5.91 Å². The Morgan fingerprint density at radius 2 is 1.95 bits per heavy atom. The minimum atomic E-state index is -4.97. The lowest BCUT2D eigenvalue weighted by Crippen LogP contribution is -2.56. The molecule has 2 rings (SSSR count). The van der Waals surface area contributed by atoms with Crippen LogP contribution >= 0.6 is 0 Å². The zero-order chi connectivity index (χ0) is 14.3. The maximum atomic E-state index is 12.9. The molecule has 4 nitrogen and oxygen atoms in total. The molecular weight excluding hydrogens is 261 g/mol. The van der Waals surface area contributed by atoms with Crippen molar-refractivity contribution in [2.75, 3.05) is 0 Å². The SMILES string of the molecule is CC(=O)N1N=C(c2ccccc2)C[C@]1(O)C(F)(F)F. The Hall–Kier alpha value is -1.89. The van der Waals surface area contributed by atoms with E-state index in [4.69, 9.17) is 0 Å². The number of carbonyl (C=O) groups excluding carboxylic acids is 1. The zero-order valence-electron chi connectivity index (χ0n) is 9.98. The molecule has 0 bridgehead atoms. The van der Waals surface area contributed by atoms with Crippen LogP contribution in [0.5, 0.6) is 0 Å². The summed E-state index contributed by atoms with van der Waals surface area (Å²) in [5, 5.41) is 13.5. The number of nitrogens with zero attached hydrogens (tertiary/aromatic N) is 2. The molecule has 0 unspecified atom stereocenters. The van der Waals surface area contributed by atoms with Gasteiger partial charge in [0, 0.05) is 6.92 Å². The summed E-state index contributed by atoms with van der Waals surface area (Å²) >= 11 is 0. The van der Waals surface area contributed by atoms with Gasteiger partial charge in [0.15, 0.2) is 0 Å². The highest BCUT2D eigenvalue weighted by Gasteiger charge is 2.62. The monoisotopic (exact) mass is 272 g/mol. The summed E-state index contributed by atoms with van der Waals surface area (Å²) in [7, 11) is 0. The molecular formula is C12H11F3N2O2. The van der Waals surface area contributed by atoms with Gasteiger partial charge in [-0.1, -0.05) is 30.3 Å². The highest BCUT2D eigenvalue weighted by molar-refractivity contribution is 6.03. The lowest BCUT2D eigenvalue weighted by Gasteiger charge is -2.31. The smallest absolute Gasteiger partial charge is 0.362 e. The van der Waals surface area contributed by atoms with E-state index in [0.29, 0.717) is 5.56 Å². The summed E-state index contributed by atoms with van der Waals surface area (Å²) in [5.74, 6) is -0.967. The molecule has 7 heteroatoms. The van der Waals surface area contributed by atoms with Crippen molar-refractivity contribution in [3.63, 3.8) is 0 Å². The molecule has 0 fully saturated rings. The molecule has 1 heterocycles. The van der Waals surface area contributed by atoms with Crippen LogP contribution in [0.25, 0.3) is 0 Å². The summed E-state index contributed by atoms with van der Waals surface area (Å²) in [5.41, 5.74) is -2.81. The van der Waals surface area contributed by atoms with E-state index in [1.54, 1.807) is 30.3 Å². The van der Waals surface area contributed by atoms with E-state index >= 15 is 0 Å². The first-order chi connectivity index (χ1) is 8.75. The van der Waals surface area contributed by atoms with Gasteiger partial charge in [-0.25, -0.2) is 0 Å². The first kappa shape index (κ1) is 13.5. The van der Waals surface area contributed by atoms with Crippen molar-refractivity contribution in [2.45, 2.75) is 25.2 Å². The Kier molecular flexibility index (Phi) is 3.09. The second kappa shape index (κ2) is 4.34. The van der Waals surface area contributed by atoms with Crippen molar-refractivity contribution in [1.29, 1.82) is 0 Å². The molecule has 19 heavy (non-hydrogen) atoms. The lowest BCUT2D eigenvalue weighted by atomic mass is 10.0. The molecule has 0 aromatic heterocycles. The highest BCUT2D eigenvalue weighted by Crippen LogP contribution is 2.41. The average Bonchev–Trinajstić information content (AvgIpc) is 2.69. The number of amides is 1. The summed E-state index contributed by atoms with van der Waals surface area (Å²) < 4.78 is 38.8. The van der Waals surface area contributed by atoms with Crippen molar-refractivity contribution >= 4 is 11.6 Å². The minimum Gasteiger partial charge on any atom is -0.362 e. The van der Waals surface area contributed by atoms with Crippen LogP contribution in [0.15, 0.2) is 35.4 Å². The van der Waals surface area contributed by atoms with E-state index in [2.05, 4.69) is 5.10 Å². The van der Waals surface area contributed by atoms with E-state index in [0.717, 1.165) is 6.92 Å². The van der Waals surface area contributed by atoms with E-state index < -0.39 is 24.2 Å². The third-order valence-electron chi connectivity index (χ3n) is 2.84. The fourth-order valence-corrected chi connectivity index (χ4v) is 1.89. The number of hydrazone groups is 1. The topological polar surface area (TPSA) is 52.9 Å². The Labute approximate surface area is 107 Å². The van der Waals surface area contributed by atoms with Gasteiger partial charge in [-0.15, -0.1) is 0 Å². The van der Waals surface area contributed by atoms with Gasteiger partial charge in [0.1, 0.15) is 0 Å². The number of carbonyl (C=O) groups is 1. The number of alkyl halides is 3. The van der Waals surface area contributed by atoms with Crippen LogP contribution in [0.1, 0.15) is 18.9 Å². The van der Waals surface area contributed by atoms with Gasteiger partial charge in [0.05, 0.1) is 12.1 Å². The maximum absolute atomic E-state index is 12.9. The number of rotatable bonds is 1. The third kappa shape index (κ3) is 2.21. The zero-order valence-corrected chi connectivity index (χ0v) is 9.98. The molecule has 0 aliphatic carbocycles. The molecule has 1 atom stereocenters. The standard InChI is InChI=1S/C12H11F3N2O2/c1-8(18)17-11(19,12(13,14)15)7-10(16-17)9-5-3-2-4-6-9/h2-6,19H,7H2,1H3/t11-/m0/s1. The van der Waals surface area contributed by atoms with Gasteiger partial charge in [-0.3, -0.25) is 4.79 Å². The minimum absolute atomic E-state index is 0.0237. The maximum Gasteiger partial charge on any atom is 0.438 e. The predicted octanol–water partition coefficient (Wildman–Crippen LogP) is 1.89. The number of benzene rings is 1. The average molecular weight is 272 g/mol. The second-order valence-electron chi connectivity index (χ2n) is 4.23. The van der Waals surface area contributed by atoms with E-state index in [1.807, 2.05) is 0 Å². The van der Waals surface area contributed by atoms with Crippen molar-refractivity contribution < 1.29 is 23.1 Å². The fourth-order valence-electron chi connectivity index (χ4n) is 1.89.